The predicted molar refractivity (Wildman–Crippen MR) is 106 cm³/mol. The number of hydrogen-bond donors (Lipinski definition) is 1. The summed E-state index contributed by atoms with van der Waals surface area (Å²) in [5, 5.41) is 0. The molecule has 0 heterocycles. The molecule has 0 bridgehead atoms. The van der Waals surface area contributed by atoms with Crippen molar-refractivity contribution in [2.75, 3.05) is 6.54 Å². The lowest BCUT2D eigenvalue weighted by Gasteiger charge is -2.21. The molecule has 2 aromatic rings. The standard InChI is InChI=1S/C21H26N2O3S/c1-2-23(16-17-9-4-3-5-10-17)21(24)18-11-8-14-20(15-18)27(25,26)22-19-12-6-7-13-19/h3-5,8-11,14-15,19,22H,2,6-7,12-13,16H2,1H3. The van der Waals surface area contributed by atoms with E-state index in [1.54, 1.807) is 23.1 Å². The van der Waals surface area contributed by atoms with E-state index >= 15 is 0 Å². The molecule has 3 rings (SSSR count). The van der Waals surface area contributed by atoms with Crippen LogP contribution in [0.2, 0.25) is 0 Å². The molecule has 0 atom stereocenters. The number of carbonyl (C=O) groups excluding carboxylic acids is 1. The number of sulfonamides is 1. The maximum atomic E-state index is 12.9. The van der Waals surface area contributed by atoms with E-state index in [1.165, 1.54) is 6.07 Å². The Morgan fingerprint density at radius 3 is 2.44 bits per heavy atom. The monoisotopic (exact) mass is 386 g/mol. The van der Waals surface area contributed by atoms with Crippen molar-refractivity contribution in [2.45, 2.75) is 50.1 Å². The van der Waals surface area contributed by atoms with Gasteiger partial charge in [-0.2, -0.15) is 0 Å². The maximum Gasteiger partial charge on any atom is 0.254 e. The first kappa shape index (κ1) is 19.6. The first-order chi connectivity index (χ1) is 13.0. The lowest BCUT2D eigenvalue weighted by Crippen LogP contribution is -2.33. The summed E-state index contributed by atoms with van der Waals surface area (Å²) in [4.78, 5) is 14.8. The van der Waals surface area contributed by atoms with Crippen LogP contribution in [0, 0.1) is 0 Å². The van der Waals surface area contributed by atoms with Gasteiger partial charge in [0, 0.05) is 24.7 Å². The molecule has 1 amide bonds. The highest BCUT2D eigenvalue weighted by Gasteiger charge is 2.24. The number of amides is 1. The molecule has 0 radical (unpaired) electrons. The van der Waals surface area contributed by atoms with Crippen LogP contribution >= 0.6 is 0 Å². The Bertz CT molecular complexity index is 875. The molecule has 1 saturated carbocycles. The lowest BCUT2D eigenvalue weighted by molar-refractivity contribution is 0.0752. The van der Waals surface area contributed by atoms with Crippen LogP contribution in [0.15, 0.2) is 59.5 Å². The first-order valence-electron chi connectivity index (χ1n) is 9.45. The summed E-state index contributed by atoms with van der Waals surface area (Å²) in [6.07, 6.45) is 3.85. The van der Waals surface area contributed by atoms with Gasteiger partial charge in [-0.1, -0.05) is 49.2 Å². The van der Waals surface area contributed by atoms with Crippen LogP contribution in [0.3, 0.4) is 0 Å². The van der Waals surface area contributed by atoms with Gasteiger partial charge < -0.3 is 4.90 Å². The van der Waals surface area contributed by atoms with Crippen LogP contribution in [0.4, 0.5) is 0 Å². The molecule has 1 N–H and O–H groups in total. The summed E-state index contributed by atoms with van der Waals surface area (Å²) in [6, 6.07) is 16.1. The minimum absolute atomic E-state index is 0.000390. The van der Waals surface area contributed by atoms with Gasteiger partial charge in [0.2, 0.25) is 10.0 Å². The fourth-order valence-corrected chi connectivity index (χ4v) is 4.79. The third kappa shape index (κ3) is 4.96. The zero-order chi connectivity index (χ0) is 19.3. The van der Waals surface area contributed by atoms with E-state index < -0.39 is 10.0 Å². The number of nitrogens with one attached hydrogen (secondary N) is 1. The second-order valence-electron chi connectivity index (χ2n) is 6.94. The molecule has 0 saturated heterocycles. The summed E-state index contributed by atoms with van der Waals surface area (Å²) in [6.45, 7) is 2.96. The van der Waals surface area contributed by atoms with Crippen molar-refractivity contribution >= 4 is 15.9 Å². The minimum atomic E-state index is -3.61. The zero-order valence-corrected chi connectivity index (χ0v) is 16.4. The van der Waals surface area contributed by atoms with Gasteiger partial charge in [0.05, 0.1) is 4.90 Å². The quantitative estimate of drug-likeness (QED) is 0.791. The van der Waals surface area contributed by atoms with Gasteiger partial charge in [0.1, 0.15) is 0 Å². The van der Waals surface area contributed by atoms with Crippen molar-refractivity contribution in [3.8, 4) is 0 Å². The van der Waals surface area contributed by atoms with E-state index in [4.69, 9.17) is 0 Å². The van der Waals surface area contributed by atoms with Crippen molar-refractivity contribution in [1.29, 1.82) is 0 Å². The smallest absolute Gasteiger partial charge is 0.254 e. The van der Waals surface area contributed by atoms with Gasteiger partial charge in [0.15, 0.2) is 0 Å². The summed E-state index contributed by atoms with van der Waals surface area (Å²) in [5.41, 5.74) is 1.43. The molecule has 27 heavy (non-hydrogen) atoms. The molecule has 144 valence electrons. The lowest BCUT2D eigenvalue weighted by atomic mass is 10.1. The third-order valence-corrected chi connectivity index (χ3v) is 6.47. The Labute approximate surface area is 161 Å². The van der Waals surface area contributed by atoms with Crippen molar-refractivity contribution in [2.24, 2.45) is 0 Å². The summed E-state index contributed by atoms with van der Waals surface area (Å²) >= 11 is 0. The van der Waals surface area contributed by atoms with Crippen molar-refractivity contribution < 1.29 is 13.2 Å². The topological polar surface area (TPSA) is 66.5 Å². The summed E-state index contributed by atoms with van der Waals surface area (Å²) in [7, 11) is -3.61. The zero-order valence-electron chi connectivity index (χ0n) is 15.6. The highest BCUT2D eigenvalue weighted by Crippen LogP contribution is 2.21. The Morgan fingerprint density at radius 1 is 1.07 bits per heavy atom. The van der Waals surface area contributed by atoms with Gasteiger partial charge >= 0.3 is 0 Å². The van der Waals surface area contributed by atoms with E-state index in [9.17, 15) is 13.2 Å². The number of hydrogen-bond acceptors (Lipinski definition) is 3. The maximum absolute atomic E-state index is 12.9. The third-order valence-electron chi connectivity index (χ3n) is 4.95. The average molecular weight is 387 g/mol. The van der Waals surface area contributed by atoms with Crippen LogP contribution in [0.5, 0.6) is 0 Å². The Hall–Kier alpha value is -2.18. The molecule has 1 aliphatic carbocycles. The van der Waals surface area contributed by atoms with Gasteiger partial charge in [0.25, 0.3) is 5.91 Å². The highest BCUT2D eigenvalue weighted by atomic mass is 32.2. The highest BCUT2D eigenvalue weighted by molar-refractivity contribution is 7.89. The molecule has 2 aromatic carbocycles. The minimum Gasteiger partial charge on any atom is -0.335 e. The Balaban J connectivity index is 1.77. The van der Waals surface area contributed by atoms with Gasteiger partial charge in [-0.05, 0) is 43.5 Å². The SMILES string of the molecule is CCN(Cc1ccccc1)C(=O)c1cccc(S(=O)(=O)NC2CCCC2)c1. The Morgan fingerprint density at radius 2 is 1.78 bits per heavy atom. The second kappa shape index (κ2) is 8.67. The number of benzene rings is 2. The van der Waals surface area contributed by atoms with Crippen molar-refractivity contribution in [3.05, 3.63) is 65.7 Å². The molecule has 0 aromatic heterocycles. The van der Waals surface area contributed by atoms with E-state index in [0.717, 1.165) is 31.2 Å². The van der Waals surface area contributed by atoms with Gasteiger partial charge in [-0.25, -0.2) is 13.1 Å². The fraction of sp³-hybridized carbons (Fsp3) is 0.381. The summed E-state index contributed by atoms with van der Waals surface area (Å²) < 4.78 is 28.1. The number of carbonyl (C=O) groups is 1. The largest absolute Gasteiger partial charge is 0.335 e. The fourth-order valence-electron chi connectivity index (χ4n) is 3.44. The molecule has 1 fully saturated rings. The van der Waals surface area contributed by atoms with Gasteiger partial charge in [-0.15, -0.1) is 0 Å². The molecule has 0 unspecified atom stereocenters. The predicted octanol–water partition coefficient (Wildman–Crippen LogP) is 3.57. The molecule has 5 nitrogen and oxygen atoms in total. The molecular weight excluding hydrogens is 360 g/mol. The number of nitrogens with zero attached hydrogens (tertiary/aromatic N) is 1. The molecule has 0 aliphatic heterocycles. The Kier molecular flexibility index (Phi) is 6.29. The average Bonchev–Trinajstić information content (AvgIpc) is 3.19. The van der Waals surface area contributed by atoms with E-state index in [-0.39, 0.29) is 16.8 Å². The van der Waals surface area contributed by atoms with Crippen LogP contribution in [0.1, 0.15) is 48.5 Å². The van der Waals surface area contributed by atoms with E-state index in [2.05, 4.69) is 4.72 Å². The van der Waals surface area contributed by atoms with Crippen LogP contribution in [-0.2, 0) is 16.6 Å². The molecule has 0 spiro atoms. The first-order valence-corrected chi connectivity index (χ1v) is 10.9. The van der Waals surface area contributed by atoms with E-state index in [1.807, 2.05) is 37.3 Å². The van der Waals surface area contributed by atoms with E-state index in [0.29, 0.717) is 18.7 Å². The van der Waals surface area contributed by atoms with Gasteiger partial charge in [-0.3, -0.25) is 4.79 Å². The summed E-state index contributed by atoms with van der Waals surface area (Å²) in [5.74, 6) is -0.167. The van der Waals surface area contributed by atoms with Crippen molar-refractivity contribution in [3.63, 3.8) is 0 Å². The molecular formula is C21H26N2O3S. The van der Waals surface area contributed by atoms with Crippen LogP contribution in [0.25, 0.3) is 0 Å². The normalized spacial score (nSPS) is 15.0. The number of rotatable bonds is 7. The van der Waals surface area contributed by atoms with Crippen LogP contribution in [-0.4, -0.2) is 31.8 Å². The molecule has 6 heteroatoms. The van der Waals surface area contributed by atoms with Crippen LogP contribution < -0.4 is 4.72 Å². The second-order valence-corrected chi connectivity index (χ2v) is 8.65. The molecule has 1 aliphatic rings. The van der Waals surface area contributed by atoms with Crippen molar-refractivity contribution in [1.82, 2.24) is 9.62 Å².